The Hall–Kier alpha value is -2.37. The van der Waals surface area contributed by atoms with Gasteiger partial charge in [0.25, 0.3) is 0 Å². The first-order valence-corrected chi connectivity index (χ1v) is 7.48. The van der Waals surface area contributed by atoms with Crippen LogP contribution >= 0.6 is 0 Å². The number of amides is 1. The number of carbonyl (C=O) groups excluding carboxylic acids is 3. The molecule has 0 aliphatic rings. The molecule has 0 saturated carbocycles. The van der Waals surface area contributed by atoms with E-state index in [1.165, 1.54) is 0 Å². The van der Waals surface area contributed by atoms with E-state index in [1.807, 2.05) is 6.07 Å². The first kappa shape index (κ1) is 18.7. The van der Waals surface area contributed by atoms with E-state index < -0.39 is 17.7 Å². The average Bonchev–Trinajstić information content (AvgIpc) is 2.48. The molecule has 0 bridgehead atoms. The van der Waals surface area contributed by atoms with Gasteiger partial charge < -0.3 is 14.8 Å². The summed E-state index contributed by atoms with van der Waals surface area (Å²) in [5.74, 6) is -0.574. The monoisotopic (exact) mass is 321 g/mol. The topological polar surface area (TPSA) is 81.7 Å². The summed E-state index contributed by atoms with van der Waals surface area (Å²) in [5.41, 5.74) is 0.00495. The van der Waals surface area contributed by atoms with Gasteiger partial charge in [0.05, 0.1) is 13.0 Å². The molecule has 0 atom stereocenters. The van der Waals surface area contributed by atoms with Crippen molar-refractivity contribution in [3.05, 3.63) is 35.9 Å². The molecule has 0 aliphatic heterocycles. The van der Waals surface area contributed by atoms with Crippen LogP contribution in [0.15, 0.2) is 30.3 Å². The molecule has 0 aliphatic carbocycles. The van der Waals surface area contributed by atoms with Gasteiger partial charge in [-0.15, -0.1) is 0 Å². The lowest BCUT2D eigenvalue weighted by Crippen LogP contribution is -2.34. The minimum atomic E-state index is -0.571. The van der Waals surface area contributed by atoms with Crippen LogP contribution in [-0.4, -0.2) is 36.6 Å². The molecule has 1 rings (SSSR count). The van der Waals surface area contributed by atoms with Crippen molar-refractivity contribution in [1.82, 2.24) is 5.32 Å². The summed E-state index contributed by atoms with van der Waals surface area (Å²) in [6.07, 6.45) is -0.449. The highest BCUT2D eigenvalue weighted by Gasteiger charge is 2.15. The maximum Gasteiger partial charge on any atom is 0.407 e. The summed E-state index contributed by atoms with van der Waals surface area (Å²) < 4.78 is 9.98. The summed E-state index contributed by atoms with van der Waals surface area (Å²) in [6.45, 7) is 5.48. The van der Waals surface area contributed by atoms with Crippen LogP contribution in [0.3, 0.4) is 0 Å². The molecule has 1 amide bonds. The summed E-state index contributed by atoms with van der Waals surface area (Å²) in [6, 6.07) is 8.78. The van der Waals surface area contributed by atoms with Crippen molar-refractivity contribution in [2.24, 2.45) is 0 Å². The Balaban J connectivity index is 2.15. The summed E-state index contributed by atoms with van der Waals surface area (Å²) >= 11 is 0. The number of esters is 1. The number of alkyl carbamates (subject to hydrolysis) is 1. The second-order valence-corrected chi connectivity index (χ2v) is 5.94. The molecule has 0 heterocycles. The molecule has 1 aromatic rings. The minimum Gasteiger partial charge on any atom is -0.464 e. The minimum absolute atomic E-state index is 0.0141. The zero-order chi connectivity index (χ0) is 17.3. The van der Waals surface area contributed by atoms with Gasteiger partial charge in [0, 0.05) is 12.0 Å². The predicted molar refractivity (Wildman–Crippen MR) is 85.2 cm³/mol. The molecule has 0 unspecified atom stereocenters. The lowest BCUT2D eigenvalue weighted by Gasteiger charge is -2.19. The number of ketones is 1. The van der Waals surface area contributed by atoms with E-state index in [4.69, 9.17) is 9.47 Å². The van der Waals surface area contributed by atoms with E-state index in [9.17, 15) is 14.4 Å². The van der Waals surface area contributed by atoms with E-state index >= 15 is 0 Å². The normalized spacial score (nSPS) is 10.7. The fourth-order valence-electron chi connectivity index (χ4n) is 1.69. The van der Waals surface area contributed by atoms with Crippen molar-refractivity contribution < 1.29 is 23.9 Å². The zero-order valence-electron chi connectivity index (χ0n) is 13.8. The van der Waals surface area contributed by atoms with Gasteiger partial charge in [-0.25, -0.2) is 4.79 Å². The van der Waals surface area contributed by atoms with Crippen LogP contribution in [0.1, 0.15) is 44.0 Å². The quantitative estimate of drug-likeness (QED) is 0.474. The second kappa shape index (κ2) is 8.92. The van der Waals surface area contributed by atoms with Crippen molar-refractivity contribution in [2.75, 3.05) is 13.2 Å². The van der Waals surface area contributed by atoms with Gasteiger partial charge in [-0.1, -0.05) is 30.3 Å². The number of ether oxygens (including phenoxy) is 2. The first-order chi connectivity index (χ1) is 10.8. The Morgan fingerprint density at radius 2 is 1.70 bits per heavy atom. The molecular weight excluding hydrogens is 298 g/mol. The summed E-state index contributed by atoms with van der Waals surface area (Å²) in [7, 11) is 0. The first-order valence-electron chi connectivity index (χ1n) is 7.48. The molecule has 0 fully saturated rings. The van der Waals surface area contributed by atoms with Gasteiger partial charge >= 0.3 is 12.1 Å². The van der Waals surface area contributed by atoms with Crippen LogP contribution in [0, 0.1) is 0 Å². The van der Waals surface area contributed by atoms with Crippen molar-refractivity contribution in [2.45, 2.75) is 39.2 Å². The third kappa shape index (κ3) is 8.60. The fraction of sp³-hybridized carbons (Fsp3) is 0.471. The lowest BCUT2D eigenvalue weighted by molar-refractivity contribution is -0.143. The third-order valence-corrected chi connectivity index (χ3v) is 2.69. The number of benzene rings is 1. The van der Waals surface area contributed by atoms with Crippen LogP contribution in [-0.2, 0) is 14.3 Å². The Kier molecular flexibility index (Phi) is 7.25. The maximum absolute atomic E-state index is 11.8. The highest BCUT2D eigenvalue weighted by Crippen LogP contribution is 2.07. The SMILES string of the molecule is CC(C)(C)OC(=O)NCCOC(=O)CCC(=O)c1ccccc1. The van der Waals surface area contributed by atoms with Crippen molar-refractivity contribution in [3.8, 4) is 0 Å². The van der Waals surface area contributed by atoms with Crippen molar-refractivity contribution in [1.29, 1.82) is 0 Å². The van der Waals surface area contributed by atoms with Crippen molar-refractivity contribution in [3.63, 3.8) is 0 Å². The Bertz CT molecular complexity index is 534. The van der Waals surface area contributed by atoms with E-state index in [0.717, 1.165) is 0 Å². The fourth-order valence-corrected chi connectivity index (χ4v) is 1.69. The van der Waals surface area contributed by atoms with Crippen LogP contribution in [0.25, 0.3) is 0 Å². The van der Waals surface area contributed by atoms with Gasteiger partial charge in [-0.2, -0.15) is 0 Å². The molecule has 1 aromatic carbocycles. The molecule has 0 radical (unpaired) electrons. The maximum atomic E-state index is 11.8. The predicted octanol–water partition coefficient (Wildman–Crippen LogP) is 2.72. The summed E-state index contributed by atoms with van der Waals surface area (Å²) in [4.78, 5) is 34.7. The van der Waals surface area contributed by atoms with Gasteiger partial charge in [-0.05, 0) is 20.8 Å². The second-order valence-electron chi connectivity index (χ2n) is 5.94. The highest BCUT2D eigenvalue weighted by atomic mass is 16.6. The Labute approximate surface area is 136 Å². The van der Waals surface area contributed by atoms with Gasteiger partial charge in [0.1, 0.15) is 12.2 Å². The van der Waals surface area contributed by atoms with Gasteiger partial charge in [-0.3, -0.25) is 9.59 Å². The molecule has 0 aromatic heterocycles. The molecule has 6 heteroatoms. The number of carbonyl (C=O) groups is 3. The van der Waals surface area contributed by atoms with Crippen LogP contribution in [0.2, 0.25) is 0 Å². The van der Waals surface area contributed by atoms with E-state index in [-0.39, 0.29) is 31.8 Å². The van der Waals surface area contributed by atoms with E-state index in [2.05, 4.69) is 5.32 Å². The third-order valence-electron chi connectivity index (χ3n) is 2.69. The van der Waals surface area contributed by atoms with E-state index in [1.54, 1.807) is 45.0 Å². The van der Waals surface area contributed by atoms with Crippen LogP contribution in [0.4, 0.5) is 4.79 Å². The highest BCUT2D eigenvalue weighted by molar-refractivity contribution is 5.97. The number of hydrogen-bond donors (Lipinski definition) is 1. The zero-order valence-corrected chi connectivity index (χ0v) is 13.8. The molecular formula is C17H23NO5. The van der Waals surface area contributed by atoms with Crippen LogP contribution in [0.5, 0.6) is 0 Å². The number of nitrogens with one attached hydrogen (secondary N) is 1. The van der Waals surface area contributed by atoms with Crippen molar-refractivity contribution >= 4 is 17.8 Å². The van der Waals surface area contributed by atoms with Gasteiger partial charge in [0.15, 0.2) is 5.78 Å². The smallest absolute Gasteiger partial charge is 0.407 e. The lowest BCUT2D eigenvalue weighted by atomic mass is 10.1. The molecule has 126 valence electrons. The Morgan fingerprint density at radius 3 is 2.30 bits per heavy atom. The summed E-state index contributed by atoms with van der Waals surface area (Å²) in [5, 5.41) is 2.48. The van der Waals surface area contributed by atoms with E-state index in [0.29, 0.717) is 5.56 Å². The number of rotatable bonds is 7. The largest absolute Gasteiger partial charge is 0.464 e. The standard InChI is InChI=1S/C17H23NO5/c1-17(2,3)23-16(21)18-11-12-22-15(20)10-9-14(19)13-7-5-4-6-8-13/h4-8H,9-12H2,1-3H3,(H,18,21). The van der Waals surface area contributed by atoms with Crippen LogP contribution < -0.4 is 5.32 Å². The molecule has 23 heavy (non-hydrogen) atoms. The average molecular weight is 321 g/mol. The molecule has 0 saturated heterocycles. The molecule has 6 nitrogen and oxygen atoms in total. The van der Waals surface area contributed by atoms with Gasteiger partial charge in [0.2, 0.25) is 0 Å². The number of hydrogen-bond acceptors (Lipinski definition) is 5. The molecule has 1 N–H and O–H groups in total. The number of Topliss-reactive ketones (excluding diaryl/α,β-unsaturated/α-hetero) is 1. The Morgan fingerprint density at radius 1 is 1.04 bits per heavy atom. The molecule has 0 spiro atoms.